The van der Waals surface area contributed by atoms with Crippen LogP contribution in [0.5, 0.6) is 0 Å². The molecule has 1 aliphatic heterocycles. The van der Waals surface area contributed by atoms with Gasteiger partial charge in [-0.25, -0.2) is 4.79 Å². The van der Waals surface area contributed by atoms with Gasteiger partial charge in [-0.2, -0.15) is 0 Å². The first-order chi connectivity index (χ1) is 5.24. The molecule has 0 atom stereocenters. The van der Waals surface area contributed by atoms with E-state index in [0.29, 0.717) is 0 Å². The molecule has 1 saturated heterocycles. The second-order valence-corrected chi connectivity index (χ2v) is 2.76. The zero-order chi connectivity index (χ0) is 8.27. The van der Waals surface area contributed by atoms with Gasteiger partial charge in [-0.3, -0.25) is 0 Å². The lowest BCUT2D eigenvalue weighted by molar-refractivity contribution is 0.149. The molecule has 0 aromatic rings. The predicted molar refractivity (Wildman–Crippen MR) is 50.5 cm³/mol. The molecule has 1 rings (SSSR count). The van der Waals surface area contributed by atoms with Crippen molar-refractivity contribution in [3.05, 3.63) is 0 Å². The molecule has 0 aliphatic carbocycles. The highest BCUT2D eigenvalue weighted by Gasteiger charge is 2.17. The summed E-state index contributed by atoms with van der Waals surface area (Å²) >= 11 is 0. The minimum absolute atomic E-state index is 0. The number of amides is 2. The number of hydrogen-bond acceptors (Lipinski definition) is 2. The van der Waals surface area contributed by atoms with E-state index in [9.17, 15) is 4.79 Å². The standard InChI is InChI=1S/C7H15N3O.ClH/c1-2-9-3-5-10(6-4-9)7(8)11;/h2-6H2,1H3,(H2,8,11);1H. The van der Waals surface area contributed by atoms with Crippen molar-refractivity contribution in [3.63, 3.8) is 0 Å². The highest BCUT2D eigenvalue weighted by molar-refractivity contribution is 5.85. The third-order valence-electron chi connectivity index (χ3n) is 2.13. The fourth-order valence-corrected chi connectivity index (χ4v) is 1.28. The summed E-state index contributed by atoms with van der Waals surface area (Å²) in [5.41, 5.74) is 5.12. The van der Waals surface area contributed by atoms with Gasteiger partial charge in [-0.05, 0) is 6.54 Å². The van der Waals surface area contributed by atoms with Crippen LogP contribution in [0.4, 0.5) is 4.79 Å². The van der Waals surface area contributed by atoms with Gasteiger partial charge in [0, 0.05) is 26.2 Å². The van der Waals surface area contributed by atoms with Gasteiger partial charge in [0.25, 0.3) is 0 Å². The Morgan fingerprint density at radius 2 is 1.83 bits per heavy atom. The Hall–Kier alpha value is -0.480. The predicted octanol–water partition coefficient (Wildman–Crippen LogP) is 0.124. The number of carbonyl (C=O) groups is 1. The average Bonchev–Trinajstić information content (AvgIpc) is 2.05. The van der Waals surface area contributed by atoms with E-state index in [4.69, 9.17) is 5.73 Å². The van der Waals surface area contributed by atoms with Crippen LogP contribution >= 0.6 is 12.4 Å². The molecule has 72 valence electrons. The molecule has 4 nitrogen and oxygen atoms in total. The highest BCUT2D eigenvalue weighted by atomic mass is 35.5. The zero-order valence-corrected chi connectivity index (χ0v) is 8.14. The molecule has 0 spiro atoms. The topological polar surface area (TPSA) is 49.6 Å². The maximum Gasteiger partial charge on any atom is 0.314 e. The van der Waals surface area contributed by atoms with Gasteiger partial charge in [-0.1, -0.05) is 6.92 Å². The molecule has 0 bridgehead atoms. The van der Waals surface area contributed by atoms with Crippen molar-refractivity contribution in [2.45, 2.75) is 6.92 Å². The van der Waals surface area contributed by atoms with E-state index in [1.54, 1.807) is 4.90 Å². The fraction of sp³-hybridized carbons (Fsp3) is 0.857. The van der Waals surface area contributed by atoms with Crippen LogP contribution in [0.25, 0.3) is 0 Å². The molecular formula is C7H16ClN3O. The van der Waals surface area contributed by atoms with Crippen LogP contribution in [0.2, 0.25) is 0 Å². The Balaban J connectivity index is 0.00000121. The molecule has 1 fully saturated rings. The van der Waals surface area contributed by atoms with E-state index < -0.39 is 0 Å². The van der Waals surface area contributed by atoms with E-state index in [2.05, 4.69) is 11.8 Å². The third kappa shape index (κ3) is 2.87. The van der Waals surface area contributed by atoms with Crippen LogP contribution in [-0.2, 0) is 0 Å². The summed E-state index contributed by atoms with van der Waals surface area (Å²) in [6.45, 7) is 6.66. The Morgan fingerprint density at radius 1 is 1.33 bits per heavy atom. The van der Waals surface area contributed by atoms with Gasteiger partial charge < -0.3 is 15.5 Å². The van der Waals surface area contributed by atoms with Gasteiger partial charge in [0.15, 0.2) is 0 Å². The van der Waals surface area contributed by atoms with Crippen molar-refractivity contribution in [1.82, 2.24) is 9.80 Å². The van der Waals surface area contributed by atoms with Crippen molar-refractivity contribution in [2.24, 2.45) is 5.73 Å². The van der Waals surface area contributed by atoms with Gasteiger partial charge >= 0.3 is 6.03 Å². The lowest BCUT2D eigenvalue weighted by Gasteiger charge is -2.32. The molecule has 0 radical (unpaired) electrons. The highest BCUT2D eigenvalue weighted by Crippen LogP contribution is 1.99. The van der Waals surface area contributed by atoms with Gasteiger partial charge in [0.05, 0.1) is 0 Å². The quantitative estimate of drug-likeness (QED) is 0.644. The van der Waals surface area contributed by atoms with Crippen LogP contribution in [0.15, 0.2) is 0 Å². The molecule has 0 aromatic heterocycles. The minimum atomic E-state index is -0.291. The Bertz CT molecular complexity index is 146. The first-order valence-corrected chi connectivity index (χ1v) is 4.00. The Labute approximate surface area is 79.1 Å². The van der Waals surface area contributed by atoms with E-state index >= 15 is 0 Å². The number of rotatable bonds is 1. The van der Waals surface area contributed by atoms with Crippen molar-refractivity contribution in [1.29, 1.82) is 0 Å². The normalized spacial score (nSPS) is 18.6. The molecule has 2 N–H and O–H groups in total. The molecule has 0 saturated carbocycles. The second-order valence-electron chi connectivity index (χ2n) is 2.76. The first-order valence-electron chi connectivity index (χ1n) is 4.00. The van der Waals surface area contributed by atoms with Crippen molar-refractivity contribution < 1.29 is 4.79 Å². The third-order valence-corrected chi connectivity index (χ3v) is 2.13. The number of nitrogens with two attached hydrogens (primary N) is 1. The van der Waals surface area contributed by atoms with Gasteiger partial charge in [0.1, 0.15) is 0 Å². The summed E-state index contributed by atoms with van der Waals surface area (Å²) in [5.74, 6) is 0. The van der Waals surface area contributed by atoms with Crippen LogP contribution in [-0.4, -0.2) is 48.6 Å². The average molecular weight is 194 g/mol. The maximum atomic E-state index is 10.7. The van der Waals surface area contributed by atoms with Gasteiger partial charge in [-0.15, -0.1) is 12.4 Å². The van der Waals surface area contributed by atoms with Crippen LogP contribution in [0.3, 0.4) is 0 Å². The molecule has 1 heterocycles. The number of nitrogens with zero attached hydrogens (tertiary/aromatic N) is 2. The summed E-state index contributed by atoms with van der Waals surface area (Å²) in [7, 11) is 0. The van der Waals surface area contributed by atoms with E-state index in [1.807, 2.05) is 0 Å². The minimum Gasteiger partial charge on any atom is -0.351 e. The van der Waals surface area contributed by atoms with Crippen LogP contribution in [0, 0.1) is 0 Å². The summed E-state index contributed by atoms with van der Waals surface area (Å²) < 4.78 is 0. The summed E-state index contributed by atoms with van der Waals surface area (Å²) in [4.78, 5) is 14.7. The van der Waals surface area contributed by atoms with E-state index in [0.717, 1.165) is 32.7 Å². The smallest absolute Gasteiger partial charge is 0.314 e. The summed E-state index contributed by atoms with van der Waals surface area (Å²) in [6, 6.07) is -0.291. The molecule has 2 amide bonds. The molecule has 5 heteroatoms. The van der Waals surface area contributed by atoms with Crippen LogP contribution < -0.4 is 5.73 Å². The molecule has 1 aliphatic rings. The van der Waals surface area contributed by atoms with E-state index in [1.165, 1.54) is 0 Å². The molecule has 0 aromatic carbocycles. The second kappa shape index (κ2) is 5.22. The number of primary amides is 1. The molecule has 12 heavy (non-hydrogen) atoms. The number of carbonyl (C=O) groups excluding carboxylic acids is 1. The zero-order valence-electron chi connectivity index (χ0n) is 7.32. The summed E-state index contributed by atoms with van der Waals surface area (Å²) in [6.07, 6.45) is 0. The lowest BCUT2D eigenvalue weighted by Crippen LogP contribution is -2.50. The summed E-state index contributed by atoms with van der Waals surface area (Å²) in [5, 5.41) is 0. The van der Waals surface area contributed by atoms with Crippen molar-refractivity contribution >= 4 is 18.4 Å². The first kappa shape index (κ1) is 11.5. The number of hydrogen-bond donors (Lipinski definition) is 1. The van der Waals surface area contributed by atoms with E-state index in [-0.39, 0.29) is 18.4 Å². The lowest BCUT2D eigenvalue weighted by atomic mass is 10.3. The number of halogens is 1. The van der Waals surface area contributed by atoms with Crippen LogP contribution in [0.1, 0.15) is 6.92 Å². The van der Waals surface area contributed by atoms with Crippen molar-refractivity contribution in [2.75, 3.05) is 32.7 Å². The SMILES string of the molecule is CCN1CCN(C(N)=O)CC1.Cl. The van der Waals surface area contributed by atoms with Crippen molar-refractivity contribution in [3.8, 4) is 0 Å². The number of likely N-dealkylation sites (N-methyl/N-ethyl adjacent to an activating group) is 1. The molecule has 0 unspecified atom stereocenters. The fourth-order valence-electron chi connectivity index (χ4n) is 1.28. The number of piperazine rings is 1. The van der Waals surface area contributed by atoms with Gasteiger partial charge in [0.2, 0.25) is 0 Å². The monoisotopic (exact) mass is 193 g/mol. The largest absolute Gasteiger partial charge is 0.351 e. The number of urea groups is 1. The molecular weight excluding hydrogens is 178 g/mol. The Kier molecular flexibility index (Phi) is 5.01. The maximum absolute atomic E-state index is 10.7. The Morgan fingerprint density at radius 3 is 2.17 bits per heavy atom.